The molecule has 16 heteroatoms. The highest BCUT2D eigenvalue weighted by Crippen LogP contribution is 2.47. The van der Waals surface area contributed by atoms with Crippen LogP contribution in [-0.2, 0) is 0 Å². The summed E-state index contributed by atoms with van der Waals surface area (Å²) in [6.45, 7) is 0. The summed E-state index contributed by atoms with van der Waals surface area (Å²) >= 11 is 11.9. The fourth-order valence-corrected chi connectivity index (χ4v) is 3.59. The zero-order valence-corrected chi connectivity index (χ0v) is 16.8. The van der Waals surface area contributed by atoms with Crippen LogP contribution in [0, 0.1) is 40.5 Å². The van der Waals surface area contributed by atoms with Gasteiger partial charge in [-0.15, -0.1) is 0 Å². The molecule has 0 aromatic heterocycles. The van der Waals surface area contributed by atoms with Crippen LogP contribution < -0.4 is 5.32 Å². The summed E-state index contributed by atoms with van der Waals surface area (Å²) in [7, 11) is 0. The molecule has 0 amide bonds. The van der Waals surface area contributed by atoms with Crippen LogP contribution in [0.3, 0.4) is 0 Å². The summed E-state index contributed by atoms with van der Waals surface area (Å²) in [6, 6.07) is 2.08. The summed E-state index contributed by atoms with van der Waals surface area (Å²) in [4.78, 5) is 40.7. The molecule has 1 N–H and O–H groups in total. The topological polar surface area (TPSA) is 185 Å². The number of benzene rings is 2. The van der Waals surface area contributed by atoms with Crippen LogP contribution in [0.4, 0.5) is 34.1 Å². The van der Waals surface area contributed by atoms with Gasteiger partial charge in [0.05, 0.1) is 42.0 Å². The van der Waals surface area contributed by atoms with Gasteiger partial charge in [-0.1, -0.05) is 11.6 Å². The Kier molecular flexibility index (Phi) is 6.10. The van der Waals surface area contributed by atoms with Gasteiger partial charge < -0.3 is 5.32 Å². The molecule has 0 aliphatic rings. The maximum atomic E-state index is 11.3. The highest BCUT2D eigenvalue weighted by atomic mass is 79.9. The maximum Gasteiger partial charge on any atom is 0.306 e. The molecule has 2 aromatic rings. The van der Waals surface area contributed by atoms with Gasteiger partial charge in [0.15, 0.2) is 5.69 Å². The minimum Gasteiger partial charge on any atom is -0.342 e. The van der Waals surface area contributed by atoms with Crippen molar-refractivity contribution in [2.24, 2.45) is 0 Å². The third kappa shape index (κ3) is 4.00. The number of hydrogen-bond donors (Lipinski definition) is 1. The highest BCUT2D eigenvalue weighted by molar-refractivity contribution is 9.11. The molecule has 2 rings (SSSR count). The van der Waals surface area contributed by atoms with E-state index in [-0.39, 0.29) is 19.7 Å². The van der Waals surface area contributed by atoms with Crippen LogP contribution in [0.15, 0.2) is 27.1 Å². The summed E-state index contributed by atoms with van der Waals surface area (Å²) in [5.74, 6) is 0. The van der Waals surface area contributed by atoms with E-state index in [9.17, 15) is 40.5 Å². The van der Waals surface area contributed by atoms with E-state index < -0.39 is 48.1 Å². The average molecular weight is 541 g/mol. The van der Waals surface area contributed by atoms with E-state index in [0.29, 0.717) is 12.1 Å². The van der Waals surface area contributed by atoms with Crippen molar-refractivity contribution in [1.29, 1.82) is 0 Å². The lowest BCUT2D eigenvalue weighted by Gasteiger charge is -2.12. The average Bonchev–Trinajstić information content (AvgIpc) is 2.60. The third-order valence-electron chi connectivity index (χ3n) is 3.27. The van der Waals surface area contributed by atoms with Crippen LogP contribution in [0.2, 0.25) is 5.02 Å². The Balaban J connectivity index is 2.78. The van der Waals surface area contributed by atoms with Gasteiger partial charge in [0.2, 0.25) is 0 Å². The van der Waals surface area contributed by atoms with Gasteiger partial charge in [-0.2, -0.15) is 0 Å². The van der Waals surface area contributed by atoms with Crippen LogP contribution in [0.5, 0.6) is 0 Å². The predicted molar refractivity (Wildman–Crippen MR) is 103 cm³/mol. The molecule has 2 aromatic carbocycles. The minimum absolute atomic E-state index is 0.00239. The van der Waals surface area contributed by atoms with E-state index in [1.165, 1.54) is 0 Å². The number of rotatable bonds is 6. The van der Waals surface area contributed by atoms with Gasteiger partial charge in [-0.25, -0.2) is 0 Å². The number of halogens is 3. The standard InChI is InChI=1S/C12H4Br2ClN5O8/c13-5-3-6(18(23)24)10(15)9(14)11(5)16-12-7(19(25)26)1-4(17(21)22)2-8(12)20(27)28/h1-3,16H. The lowest BCUT2D eigenvalue weighted by atomic mass is 10.2. The van der Waals surface area contributed by atoms with E-state index in [1.807, 2.05) is 0 Å². The van der Waals surface area contributed by atoms with Gasteiger partial charge in [0.25, 0.3) is 11.4 Å². The van der Waals surface area contributed by atoms with E-state index >= 15 is 0 Å². The zero-order chi connectivity index (χ0) is 21.3. The van der Waals surface area contributed by atoms with Crippen LogP contribution in [0.1, 0.15) is 0 Å². The first-order valence-corrected chi connectivity index (χ1v) is 8.62. The molecule has 0 spiro atoms. The number of nitrogens with zero attached hydrogens (tertiary/aromatic N) is 4. The zero-order valence-electron chi connectivity index (χ0n) is 12.9. The summed E-state index contributed by atoms with van der Waals surface area (Å²) < 4.78 is -0.116. The Bertz CT molecular complexity index is 1030. The van der Waals surface area contributed by atoms with Crippen molar-refractivity contribution in [3.05, 3.63) is 72.6 Å². The van der Waals surface area contributed by atoms with E-state index in [0.717, 1.165) is 6.07 Å². The molecule has 146 valence electrons. The Morgan fingerprint density at radius 2 is 1.21 bits per heavy atom. The van der Waals surface area contributed by atoms with Gasteiger partial charge in [-0.05, 0) is 31.9 Å². The molecule has 0 saturated carbocycles. The molecule has 0 bridgehead atoms. The lowest BCUT2D eigenvalue weighted by molar-refractivity contribution is -0.401. The van der Waals surface area contributed by atoms with Crippen molar-refractivity contribution in [3.63, 3.8) is 0 Å². The van der Waals surface area contributed by atoms with Crippen molar-refractivity contribution >= 4 is 77.6 Å². The number of nitro groups is 4. The Hall–Kier alpha value is -2.91. The van der Waals surface area contributed by atoms with Gasteiger partial charge >= 0.3 is 11.4 Å². The third-order valence-corrected chi connectivity index (χ3v) is 5.30. The first-order chi connectivity index (χ1) is 13.0. The molecule has 0 fully saturated rings. The van der Waals surface area contributed by atoms with Crippen molar-refractivity contribution in [1.82, 2.24) is 0 Å². The molecule has 0 unspecified atom stereocenters. The van der Waals surface area contributed by atoms with Gasteiger partial charge in [0, 0.05) is 10.5 Å². The minimum atomic E-state index is -1.04. The number of anilines is 2. The normalized spacial score (nSPS) is 10.4. The SMILES string of the molecule is O=[N+]([O-])c1cc([N+](=O)[O-])c(Nc2c(Br)cc([N+](=O)[O-])c(Cl)c2Br)c([N+](=O)[O-])c1. The number of hydrogen-bond acceptors (Lipinski definition) is 9. The molecule has 0 aliphatic heterocycles. The first kappa shape index (κ1) is 21.4. The van der Waals surface area contributed by atoms with Crippen molar-refractivity contribution in [2.45, 2.75) is 0 Å². The van der Waals surface area contributed by atoms with Crippen LogP contribution in [-0.4, -0.2) is 19.7 Å². The van der Waals surface area contributed by atoms with Gasteiger partial charge in [-0.3, -0.25) is 40.5 Å². The summed E-state index contributed by atoms with van der Waals surface area (Å²) in [5.41, 5.74) is -4.03. The largest absolute Gasteiger partial charge is 0.342 e. The smallest absolute Gasteiger partial charge is 0.306 e. The van der Waals surface area contributed by atoms with Crippen LogP contribution >= 0.6 is 43.5 Å². The lowest BCUT2D eigenvalue weighted by Crippen LogP contribution is -2.05. The second kappa shape index (κ2) is 7.99. The van der Waals surface area contributed by atoms with E-state index in [2.05, 4.69) is 37.2 Å². The van der Waals surface area contributed by atoms with Gasteiger partial charge in [0.1, 0.15) is 5.02 Å². The molecule has 13 nitrogen and oxygen atoms in total. The van der Waals surface area contributed by atoms with Crippen molar-refractivity contribution < 1.29 is 19.7 Å². The Morgan fingerprint density at radius 3 is 1.61 bits per heavy atom. The Morgan fingerprint density at radius 1 is 0.750 bits per heavy atom. The molecule has 0 aliphatic carbocycles. The van der Waals surface area contributed by atoms with Crippen LogP contribution in [0.25, 0.3) is 0 Å². The van der Waals surface area contributed by atoms with E-state index in [1.54, 1.807) is 0 Å². The highest BCUT2D eigenvalue weighted by Gasteiger charge is 2.32. The fourth-order valence-electron chi connectivity index (χ4n) is 2.07. The number of nitrogens with one attached hydrogen (secondary N) is 1. The quantitative estimate of drug-likeness (QED) is 0.290. The maximum absolute atomic E-state index is 11.3. The predicted octanol–water partition coefficient (Wildman–Crippen LogP) is 5.24. The summed E-state index contributed by atoms with van der Waals surface area (Å²) in [6.07, 6.45) is 0. The van der Waals surface area contributed by atoms with Crippen molar-refractivity contribution in [2.75, 3.05) is 5.32 Å². The molecule has 0 radical (unpaired) electrons. The molecular weight excluding hydrogens is 537 g/mol. The second-order valence-electron chi connectivity index (χ2n) is 4.89. The Labute approximate surface area is 175 Å². The number of nitro benzene ring substituents is 4. The fraction of sp³-hybridized carbons (Fsp3) is 0. The molecule has 0 saturated heterocycles. The molecule has 28 heavy (non-hydrogen) atoms. The molecule has 0 atom stereocenters. The number of non-ortho nitro benzene ring substituents is 1. The molecule has 0 heterocycles. The molecular formula is C12H4Br2ClN5O8. The summed E-state index contributed by atoms with van der Waals surface area (Å²) in [5, 5.41) is 46.6. The van der Waals surface area contributed by atoms with E-state index in [4.69, 9.17) is 11.6 Å². The van der Waals surface area contributed by atoms with Crippen molar-refractivity contribution in [3.8, 4) is 0 Å². The first-order valence-electron chi connectivity index (χ1n) is 6.65. The second-order valence-corrected chi connectivity index (χ2v) is 6.92. The monoisotopic (exact) mass is 539 g/mol.